The molecule has 0 spiro atoms. The zero-order valence-electron chi connectivity index (χ0n) is 8.40. The van der Waals surface area contributed by atoms with E-state index >= 15 is 0 Å². The fraction of sp³-hybridized carbons (Fsp3) is 0.778. The van der Waals surface area contributed by atoms with Gasteiger partial charge < -0.3 is 5.11 Å². The molecule has 0 aromatic heterocycles. The van der Waals surface area contributed by atoms with Crippen molar-refractivity contribution in [3.63, 3.8) is 0 Å². The van der Waals surface area contributed by atoms with E-state index in [2.05, 4.69) is 10.3 Å². The van der Waals surface area contributed by atoms with Crippen LogP contribution >= 0.6 is 11.8 Å². The van der Waals surface area contributed by atoms with Crippen LogP contribution in [0.5, 0.6) is 0 Å². The van der Waals surface area contributed by atoms with Crippen LogP contribution in [-0.4, -0.2) is 35.1 Å². The van der Waals surface area contributed by atoms with E-state index in [0.29, 0.717) is 12.3 Å². The van der Waals surface area contributed by atoms with E-state index in [1.807, 2.05) is 11.8 Å². The van der Waals surface area contributed by atoms with E-state index in [-0.39, 0.29) is 5.91 Å². The lowest BCUT2D eigenvalue weighted by atomic mass is 9.99. The molecule has 1 aliphatic heterocycles. The number of hydrogen-bond donors (Lipinski definition) is 2. The summed E-state index contributed by atoms with van der Waals surface area (Å²) in [5.41, 5.74) is 2.13. The van der Waals surface area contributed by atoms with Crippen LogP contribution in [0.1, 0.15) is 19.3 Å². The summed E-state index contributed by atoms with van der Waals surface area (Å²) in [5, 5.41) is 8.27. The van der Waals surface area contributed by atoms with Gasteiger partial charge in [-0.15, -0.1) is 0 Å². The average Bonchev–Trinajstić information content (AvgIpc) is 2.18. The number of carbonyl (C=O) groups excluding carboxylic acids is 1. The Bertz CT molecular complexity index is 228. The van der Waals surface area contributed by atoms with Gasteiger partial charge in [0.05, 0.1) is 0 Å². The fourth-order valence-corrected chi connectivity index (χ4v) is 2.64. The molecule has 0 bridgehead atoms. The third-order valence-corrected chi connectivity index (χ3v) is 3.25. The Balaban J connectivity index is 2.09. The maximum atomic E-state index is 11.3. The highest BCUT2D eigenvalue weighted by molar-refractivity contribution is 7.99. The summed E-state index contributed by atoms with van der Waals surface area (Å²) in [5.74, 6) is 1.30. The molecule has 0 unspecified atom stereocenters. The quantitative estimate of drug-likeness (QED) is 0.682. The largest absolute Gasteiger partial charge is 0.479 e. The number of amides is 1. The van der Waals surface area contributed by atoms with Crippen molar-refractivity contribution in [2.75, 3.05) is 18.1 Å². The average molecular weight is 233 g/mol. The number of hydroxylamine groups is 1. The maximum absolute atomic E-state index is 11.3. The summed E-state index contributed by atoms with van der Waals surface area (Å²) in [6.45, 7) is -0.494. The van der Waals surface area contributed by atoms with Gasteiger partial charge in [0.2, 0.25) is 5.91 Å². The number of nitrogens with one attached hydrogen (secondary N) is 1. The molecule has 0 aromatic carbocycles. The monoisotopic (exact) mass is 233 g/mol. The summed E-state index contributed by atoms with van der Waals surface area (Å²) in [6.07, 6.45) is 2.54. The first kappa shape index (κ1) is 12.3. The van der Waals surface area contributed by atoms with Gasteiger partial charge in [0, 0.05) is 6.42 Å². The standard InChI is InChI=1S/C9H15NO4S/c11-8(10-14-6-9(12)13)5-7-1-3-15-4-2-7/h7H,1-6H2,(H,10,11)(H,12,13). The third-order valence-electron chi connectivity index (χ3n) is 2.20. The van der Waals surface area contributed by atoms with E-state index in [1.165, 1.54) is 0 Å². The second-order valence-electron chi connectivity index (χ2n) is 3.47. The van der Waals surface area contributed by atoms with Crippen LogP contribution in [0.15, 0.2) is 0 Å². The minimum atomic E-state index is -1.09. The van der Waals surface area contributed by atoms with Crippen molar-refractivity contribution >= 4 is 23.6 Å². The molecule has 15 heavy (non-hydrogen) atoms. The number of thioether (sulfide) groups is 1. The van der Waals surface area contributed by atoms with Gasteiger partial charge in [0.15, 0.2) is 6.61 Å². The highest BCUT2D eigenvalue weighted by Gasteiger charge is 2.17. The molecule has 0 radical (unpaired) electrons. The van der Waals surface area contributed by atoms with Crippen molar-refractivity contribution < 1.29 is 19.5 Å². The molecule has 1 saturated heterocycles. The Morgan fingerprint density at radius 2 is 2.07 bits per heavy atom. The smallest absolute Gasteiger partial charge is 0.332 e. The minimum Gasteiger partial charge on any atom is -0.479 e. The zero-order chi connectivity index (χ0) is 11.1. The van der Waals surface area contributed by atoms with Gasteiger partial charge in [0.1, 0.15) is 0 Å². The summed E-state index contributed by atoms with van der Waals surface area (Å²) in [6, 6.07) is 0. The molecule has 1 amide bonds. The Morgan fingerprint density at radius 1 is 1.40 bits per heavy atom. The molecule has 0 saturated carbocycles. The molecule has 1 aliphatic rings. The summed E-state index contributed by atoms with van der Waals surface area (Å²) in [7, 11) is 0. The maximum Gasteiger partial charge on any atom is 0.332 e. The molecular weight excluding hydrogens is 218 g/mol. The van der Waals surface area contributed by atoms with E-state index in [9.17, 15) is 9.59 Å². The Morgan fingerprint density at radius 3 is 2.67 bits per heavy atom. The van der Waals surface area contributed by atoms with Crippen LogP contribution in [0.25, 0.3) is 0 Å². The Hall–Kier alpha value is -0.750. The van der Waals surface area contributed by atoms with Gasteiger partial charge in [-0.2, -0.15) is 11.8 Å². The predicted molar refractivity (Wildman–Crippen MR) is 56.4 cm³/mol. The lowest BCUT2D eigenvalue weighted by Gasteiger charge is -2.20. The van der Waals surface area contributed by atoms with Gasteiger partial charge in [-0.25, -0.2) is 10.3 Å². The first-order valence-corrected chi connectivity index (χ1v) is 6.04. The molecule has 6 heteroatoms. The van der Waals surface area contributed by atoms with Gasteiger partial charge in [-0.05, 0) is 30.3 Å². The molecule has 0 atom stereocenters. The number of rotatable bonds is 5. The van der Waals surface area contributed by atoms with Crippen LogP contribution in [-0.2, 0) is 14.4 Å². The van der Waals surface area contributed by atoms with Crippen LogP contribution in [0.4, 0.5) is 0 Å². The molecule has 86 valence electrons. The van der Waals surface area contributed by atoms with Crippen molar-refractivity contribution in [1.29, 1.82) is 0 Å². The van der Waals surface area contributed by atoms with Gasteiger partial charge in [-0.3, -0.25) is 9.63 Å². The second-order valence-corrected chi connectivity index (χ2v) is 4.69. The Labute approximate surface area is 92.5 Å². The third kappa shape index (κ3) is 5.64. The second kappa shape index (κ2) is 6.68. The Kier molecular flexibility index (Phi) is 5.49. The first-order chi connectivity index (χ1) is 7.18. The highest BCUT2D eigenvalue weighted by atomic mass is 32.2. The highest BCUT2D eigenvalue weighted by Crippen LogP contribution is 2.24. The number of carbonyl (C=O) groups is 2. The molecule has 1 rings (SSSR count). The lowest BCUT2D eigenvalue weighted by Crippen LogP contribution is -2.29. The van der Waals surface area contributed by atoms with Crippen molar-refractivity contribution in [2.24, 2.45) is 5.92 Å². The van der Waals surface area contributed by atoms with Gasteiger partial charge >= 0.3 is 5.97 Å². The number of hydrogen-bond acceptors (Lipinski definition) is 4. The van der Waals surface area contributed by atoms with Gasteiger partial charge in [0.25, 0.3) is 0 Å². The van der Waals surface area contributed by atoms with Gasteiger partial charge in [-0.1, -0.05) is 0 Å². The van der Waals surface area contributed by atoms with Crippen molar-refractivity contribution in [2.45, 2.75) is 19.3 Å². The lowest BCUT2D eigenvalue weighted by molar-refractivity contribution is -0.149. The fourth-order valence-electron chi connectivity index (χ4n) is 1.43. The summed E-state index contributed by atoms with van der Waals surface area (Å²) < 4.78 is 0. The topological polar surface area (TPSA) is 75.6 Å². The molecular formula is C9H15NO4S. The van der Waals surface area contributed by atoms with Crippen molar-refractivity contribution in [3.05, 3.63) is 0 Å². The minimum absolute atomic E-state index is 0.229. The summed E-state index contributed by atoms with van der Waals surface area (Å²) >= 11 is 1.91. The molecule has 1 fully saturated rings. The van der Waals surface area contributed by atoms with E-state index < -0.39 is 12.6 Å². The SMILES string of the molecule is O=C(O)CONC(=O)CC1CCSCC1. The normalized spacial score (nSPS) is 17.3. The van der Waals surface area contributed by atoms with E-state index in [0.717, 1.165) is 24.3 Å². The van der Waals surface area contributed by atoms with Crippen LogP contribution in [0, 0.1) is 5.92 Å². The zero-order valence-corrected chi connectivity index (χ0v) is 9.22. The molecule has 2 N–H and O–H groups in total. The van der Waals surface area contributed by atoms with Crippen molar-refractivity contribution in [3.8, 4) is 0 Å². The summed E-state index contributed by atoms with van der Waals surface area (Å²) in [4.78, 5) is 25.8. The van der Waals surface area contributed by atoms with E-state index in [4.69, 9.17) is 5.11 Å². The van der Waals surface area contributed by atoms with Crippen LogP contribution in [0.3, 0.4) is 0 Å². The van der Waals surface area contributed by atoms with Crippen LogP contribution in [0.2, 0.25) is 0 Å². The van der Waals surface area contributed by atoms with E-state index in [1.54, 1.807) is 0 Å². The van der Waals surface area contributed by atoms with Crippen LogP contribution < -0.4 is 5.48 Å². The van der Waals surface area contributed by atoms with Crippen molar-refractivity contribution in [1.82, 2.24) is 5.48 Å². The predicted octanol–water partition coefficient (Wildman–Crippen LogP) is 0.652. The molecule has 0 aromatic rings. The number of carboxylic acids is 1. The number of carboxylic acid groups (broad SMARTS) is 1. The number of aliphatic carboxylic acids is 1. The molecule has 1 heterocycles. The first-order valence-electron chi connectivity index (χ1n) is 4.88. The molecule has 5 nitrogen and oxygen atoms in total. The molecule has 0 aliphatic carbocycles.